The van der Waals surface area contributed by atoms with Gasteiger partial charge in [-0.25, -0.2) is 0 Å². The molecule has 2 nitrogen and oxygen atoms in total. The van der Waals surface area contributed by atoms with E-state index in [1.54, 1.807) is 5.57 Å². The number of rotatable bonds is 10. The summed E-state index contributed by atoms with van der Waals surface area (Å²) in [6.07, 6.45) is 13.0. The van der Waals surface area contributed by atoms with Crippen LogP contribution in [0.4, 0.5) is 0 Å². The molecule has 1 saturated heterocycles. The summed E-state index contributed by atoms with van der Waals surface area (Å²) in [5.41, 5.74) is 3.03. The van der Waals surface area contributed by atoms with Crippen molar-refractivity contribution in [3.8, 4) is 0 Å². The molecular weight excluding hydrogens is 272 g/mol. The molecule has 1 aliphatic rings. The van der Waals surface area contributed by atoms with Gasteiger partial charge in [0.1, 0.15) is 0 Å². The van der Waals surface area contributed by atoms with Gasteiger partial charge in [-0.1, -0.05) is 43.6 Å². The number of hydrogen-bond donors (Lipinski definition) is 0. The molecule has 1 rings (SSSR count). The van der Waals surface area contributed by atoms with Crippen molar-refractivity contribution in [3.05, 3.63) is 23.3 Å². The van der Waals surface area contributed by atoms with E-state index in [9.17, 15) is 0 Å². The van der Waals surface area contributed by atoms with Crippen molar-refractivity contribution >= 4 is 0 Å². The van der Waals surface area contributed by atoms with Gasteiger partial charge in [0.15, 0.2) is 5.79 Å². The van der Waals surface area contributed by atoms with Crippen LogP contribution in [0.2, 0.25) is 0 Å². The molecule has 22 heavy (non-hydrogen) atoms. The molecule has 2 heteroatoms. The summed E-state index contributed by atoms with van der Waals surface area (Å²) in [7, 11) is 0. The van der Waals surface area contributed by atoms with Gasteiger partial charge < -0.3 is 9.47 Å². The SMILES string of the molecule is CC(=CCCC1(C)OCCO1)CCC=C(C)CCCC(C)C. The third kappa shape index (κ3) is 8.75. The summed E-state index contributed by atoms with van der Waals surface area (Å²) in [5.74, 6) is 0.483. The minimum absolute atomic E-state index is 0.344. The van der Waals surface area contributed by atoms with Gasteiger partial charge >= 0.3 is 0 Å². The highest BCUT2D eigenvalue weighted by Crippen LogP contribution is 2.24. The Kier molecular flexibility index (Phi) is 9.04. The molecule has 0 aromatic heterocycles. The van der Waals surface area contributed by atoms with Crippen LogP contribution in [0, 0.1) is 5.92 Å². The van der Waals surface area contributed by atoms with Gasteiger partial charge in [0.05, 0.1) is 13.2 Å². The van der Waals surface area contributed by atoms with Crippen LogP contribution >= 0.6 is 0 Å². The first-order chi connectivity index (χ1) is 10.4. The van der Waals surface area contributed by atoms with Crippen LogP contribution in [0.25, 0.3) is 0 Å². The van der Waals surface area contributed by atoms with Crippen molar-refractivity contribution in [3.63, 3.8) is 0 Å². The third-order valence-electron chi connectivity index (χ3n) is 4.37. The standard InChI is InChI=1S/C20H36O2/c1-17(2)9-6-10-18(3)11-7-12-19(4)13-8-14-20(5)21-15-16-22-20/h11,13,17H,6-10,12,14-16H2,1-5H3. The van der Waals surface area contributed by atoms with Crippen LogP contribution in [-0.2, 0) is 9.47 Å². The largest absolute Gasteiger partial charge is 0.348 e. The van der Waals surface area contributed by atoms with Crippen molar-refractivity contribution in [1.82, 2.24) is 0 Å². The minimum Gasteiger partial charge on any atom is -0.348 e. The van der Waals surface area contributed by atoms with E-state index in [4.69, 9.17) is 9.47 Å². The predicted molar refractivity (Wildman–Crippen MR) is 95.0 cm³/mol. The molecule has 0 amide bonds. The average Bonchev–Trinajstić information content (AvgIpc) is 2.85. The van der Waals surface area contributed by atoms with Crippen molar-refractivity contribution < 1.29 is 9.47 Å². The molecule has 0 aliphatic carbocycles. The monoisotopic (exact) mass is 308 g/mol. The van der Waals surface area contributed by atoms with E-state index in [2.05, 4.69) is 39.8 Å². The van der Waals surface area contributed by atoms with Crippen LogP contribution in [0.5, 0.6) is 0 Å². The van der Waals surface area contributed by atoms with Gasteiger partial charge in [0.2, 0.25) is 0 Å². The normalized spacial score (nSPS) is 19.2. The van der Waals surface area contributed by atoms with E-state index in [0.717, 1.165) is 32.0 Å². The van der Waals surface area contributed by atoms with Crippen LogP contribution in [-0.4, -0.2) is 19.0 Å². The zero-order valence-electron chi connectivity index (χ0n) is 15.4. The molecule has 0 spiro atoms. The molecule has 0 atom stereocenters. The highest BCUT2D eigenvalue weighted by Gasteiger charge is 2.29. The van der Waals surface area contributed by atoms with Crippen molar-refractivity contribution in [2.45, 2.75) is 85.4 Å². The Balaban J connectivity index is 2.15. The maximum Gasteiger partial charge on any atom is 0.166 e. The zero-order chi connectivity index (χ0) is 16.4. The van der Waals surface area contributed by atoms with E-state index in [1.165, 1.54) is 37.7 Å². The molecule has 0 radical (unpaired) electrons. The Morgan fingerprint density at radius 3 is 2.23 bits per heavy atom. The highest BCUT2D eigenvalue weighted by atomic mass is 16.7. The Morgan fingerprint density at radius 2 is 1.59 bits per heavy atom. The first kappa shape index (κ1) is 19.4. The minimum atomic E-state index is -0.344. The zero-order valence-corrected chi connectivity index (χ0v) is 15.4. The summed E-state index contributed by atoms with van der Waals surface area (Å²) >= 11 is 0. The van der Waals surface area contributed by atoms with Gasteiger partial charge in [-0.15, -0.1) is 0 Å². The van der Waals surface area contributed by atoms with E-state index in [1.807, 2.05) is 6.92 Å². The molecule has 0 aromatic rings. The fourth-order valence-corrected chi connectivity index (χ4v) is 2.82. The van der Waals surface area contributed by atoms with Crippen molar-refractivity contribution in [2.24, 2.45) is 5.92 Å². The fourth-order valence-electron chi connectivity index (χ4n) is 2.82. The van der Waals surface area contributed by atoms with E-state index in [-0.39, 0.29) is 5.79 Å². The first-order valence-electron chi connectivity index (χ1n) is 9.00. The smallest absolute Gasteiger partial charge is 0.166 e. The number of hydrogen-bond acceptors (Lipinski definition) is 2. The van der Waals surface area contributed by atoms with E-state index < -0.39 is 0 Å². The second-order valence-corrected chi connectivity index (χ2v) is 7.30. The van der Waals surface area contributed by atoms with E-state index in [0.29, 0.717) is 0 Å². The van der Waals surface area contributed by atoms with E-state index >= 15 is 0 Å². The van der Waals surface area contributed by atoms with Crippen molar-refractivity contribution in [1.29, 1.82) is 0 Å². The maximum absolute atomic E-state index is 5.63. The molecule has 0 unspecified atom stereocenters. The molecule has 0 bridgehead atoms. The molecule has 1 aliphatic heterocycles. The lowest BCUT2D eigenvalue weighted by atomic mass is 10.0. The first-order valence-corrected chi connectivity index (χ1v) is 9.00. The lowest BCUT2D eigenvalue weighted by molar-refractivity contribution is -0.145. The van der Waals surface area contributed by atoms with Crippen LogP contribution in [0.15, 0.2) is 23.3 Å². The van der Waals surface area contributed by atoms with Gasteiger partial charge in [0, 0.05) is 6.42 Å². The Hall–Kier alpha value is -0.600. The van der Waals surface area contributed by atoms with Crippen LogP contribution < -0.4 is 0 Å². The maximum atomic E-state index is 5.63. The summed E-state index contributed by atoms with van der Waals surface area (Å²) < 4.78 is 11.3. The molecule has 0 saturated carbocycles. The topological polar surface area (TPSA) is 18.5 Å². The quantitative estimate of drug-likeness (QED) is 0.459. The van der Waals surface area contributed by atoms with Gasteiger partial charge in [-0.05, 0) is 58.8 Å². The highest BCUT2D eigenvalue weighted by molar-refractivity contribution is 5.03. The van der Waals surface area contributed by atoms with Crippen molar-refractivity contribution in [2.75, 3.05) is 13.2 Å². The van der Waals surface area contributed by atoms with Gasteiger partial charge in [0.25, 0.3) is 0 Å². The molecule has 1 heterocycles. The summed E-state index contributed by atoms with van der Waals surface area (Å²) in [6, 6.07) is 0. The van der Waals surface area contributed by atoms with Gasteiger partial charge in [-0.2, -0.15) is 0 Å². The summed E-state index contributed by atoms with van der Waals surface area (Å²) in [6.45, 7) is 12.6. The third-order valence-corrected chi connectivity index (χ3v) is 4.37. The Labute approximate surface area is 138 Å². The molecular formula is C20H36O2. The Bertz CT molecular complexity index is 360. The number of ether oxygens (including phenoxy) is 2. The van der Waals surface area contributed by atoms with Crippen LogP contribution in [0.1, 0.15) is 79.6 Å². The molecule has 1 fully saturated rings. The molecule has 0 N–H and O–H groups in total. The second kappa shape index (κ2) is 10.2. The predicted octanol–water partition coefficient (Wildman–Crippen LogP) is 6.03. The average molecular weight is 309 g/mol. The molecule has 128 valence electrons. The van der Waals surface area contributed by atoms with Gasteiger partial charge in [-0.3, -0.25) is 0 Å². The lowest BCUT2D eigenvalue weighted by Gasteiger charge is -2.21. The molecule has 0 aromatic carbocycles. The number of allylic oxidation sites excluding steroid dienone is 4. The summed E-state index contributed by atoms with van der Waals surface area (Å²) in [5, 5.41) is 0. The fraction of sp³-hybridized carbons (Fsp3) is 0.800. The lowest BCUT2D eigenvalue weighted by Crippen LogP contribution is -2.24. The second-order valence-electron chi connectivity index (χ2n) is 7.30. The Morgan fingerprint density at radius 1 is 1.00 bits per heavy atom. The summed E-state index contributed by atoms with van der Waals surface area (Å²) in [4.78, 5) is 0. The van der Waals surface area contributed by atoms with Crippen LogP contribution in [0.3, 0.4) is 0 Å².